The molecular formula is C8H8BrClO4S. The molecule has 0 spiro atoms. The van der Waals surface area contributed by atoms with Crippen molar-refractivity contribution in [3.8, 4) is 11.5 Å². The smallest absolute Gasteiger partial charge is 0.236 e. The third-order valence-electron chi connectivity index (χ3n) is 1.68. The Morgan fingerprint density at radius 1 is 1.53 bits per heavy atom. The lowest BCUT2D eigenvalue weighted by atomic mass is 10.2. The van der Waals surface area contributed by atoms with Gasteiger partial charge in [-0.1, -0.05) is 15.9 Å². The molecule has 4 nitrogen and oxygen atoms in total. The Kier molecular flexibility index (Phi) is 3.86. The molecule has 1 rings (SSSR count). The van der Waals surface area contributed by atoms with Crippen molar-refractivity contribution < 1.29 is 18.3 Å². The minimum Gasteiger partial charge on any atom is -0.504 e. The first-order valence-electron chi connectivity index (χ1n) is 3.81. The summed E-state index contributed by atoms with van der Waals surface area (Å²) in [6, 6.07) is 2.77. The third kappa shape index (κ3) is 3.55. The molecule has 0 amide bonds. The SMILES string of the molecule is COc1cc(Br)c(CS(=O)(=O)Cl)cc1O. The Labute approximate surface area is 100 Å². The minimum absolute atomic E-state index is 0.129. The molecule has 0 aromatic heterocycles. The molecule has 0 bridgehead atoms. The lowest BCUT2D eigenvalue weighted by Gasteiger charge is -2.07. The van der Waals surface area contributed by atoms with Gasteiger partial charge in [0.25, 0.3) is 0 Å². The molecule has 7 heteroatoms. The fraction of sp³-hybridized carbons (Fsp3) is 0.250. The van der Waals surface area contributed by atoms with Crippen LogP contribution in [-0.4, -0.2) is 20.6 Å². The van der Waals surface area contributed by atoms with E-state index in [4.69, 9.17) is 15.4 Å². The lowest BCUT2D eigenvalue weighted by Crippen LogP contribution is -1.97. The van der Waals surface area contributed by atoms with Gasteiger partial charge in [-0.25, -0.2) is 8.42 Å². The maximum Gasteiger partial charge on any atom is 0.236 e. The van der Waals surface area contributed by atoms with Crippen LogP contribution in [-0.2, 0) is 14.8 Å². The maximum absolute atomic E-state index is 10.9. The van der Waals surface area contributed by atoms with Crippen molar-refractivity contribution in [3.63, 3.8) is 0 Å². The van der Waals surface area contributed by atoms with E-state index in [2.05, 4.69) is 15.9 Å². The average Bonchev–Trinajstić information content (AvgIpc) is 2.08. The Morgan fingerprint density at radius 3 is 2.60 bits per heavy atom. The Morgan fingerprint density at radius 2 is 2.13 bits per heavy atom. The van der Waals surface area contributed by atoms with Gasteiger partial charge in [0.2, 0.25) is 9.05 Å². The van der Waals surface area contributed by atoms with E-state index in [0.717, 1.165) is 0 Å². The van der Waals surface area contributed by atoms with Crippen molar-refractivity contribution in [1.29, 1.82) is 0 Å². The number of ether oxygens (including phenoxy) is 1. The van der Waals surface area contributed by atoms with Crippen LogP contribution in [0.1, 0.15) is 5.56 Å². The second-order valence-electron chi connectivity index (χ2n) is 2.80. The summed E-state index contributed by atoms with van der Waals surface area (Å²) >= 11 is 3.16. The zero-order valence-electron chi connectivity index (χ0n) is 7.70. The predicted octanol–water partition coefficient (Wildman–Crippen LogP) is 2.23. The highest BCUT2D eigenvalue weighted by molar-refractivity contribution is 9.10. The lowest BCUT2D eigenvalue weighted by molar-refractivity contribution is 0.373. The molecule has 0 saturated carbocycles. The molecule has 0 aliphatic heterocycles. The third-order valence-corrected chi connectivity index (χ3v) is 3.40. The van der Waals surface area contributed by atoms with Crippen molar-refractivity contribution in [3.05, 3.63) is 22.2 Å². The standard InChI is InChI=1S/C8H8BrClO4S/c1-14-8-3-6(9)5(2-7(8)11)4-15(10,12)13/h2-3,11H,4H2,1H3. The fourth-order valence-electron chi connectivity index (χ4n) is 1.05. The molecule has 0 heterocycles. The normalized spacial score (nSPS) is 11.4. The van der Waals surface area contributed by atoms with Crippen LogP contribution in [0.25, 0.3) is 0 Å². The van der Waals surface area contributed by atoms with Gasteiger partial charge in [0, 0.05) is 15.2 Å². The fourth-order valence-corrected chi connectivity index (χ4v) is 2.66. The van der Waals surface area contributed by atoms with E-state index in [9.17, 15) is 13.5 Å². The van der Waals surface area contributed by atoms with Gasteiger partial charge >= 0.3 is 0 Å². The van der Waals surface area contributed by atoms with E-state index in [0.29, 0.717) is 10.0 Å². The molecular weight excluding hydrogens is 308 g/mol. The summed E-state index contributed by atoms with van der Waals surface area (Å²) in [4.78, 5) is 0. The summed E-state index contributed by atoms with van der Waals surface area (Å²) in [6.07, 6.45) is 0. The molecule has 0 aliphatic carbocycles. The number of hydrogen-bond acceptors (Lipinski definition) is 4. The second-order valence-corrected chi connectivity index (χ2v) is 6.43. The zero-order valence-corrected chi connectivity index (χ0v) is 10.9. The molecule has 0 fully saturated rings. The van der Waals surface area contributed by atoms with Gasteiger partial charge < -0.3 is 9.84 Å². The molecule has 15 heavy (non-hydrogen) atoms. The molecule has 1 aromatic rings. The maximum atomic E-state index is 10.9. The molecule has 0 radical (unpaired) electrons. The molecule has 1 N–H and O–H groups in total. The second kappa shape index (κ2) is 4.59. The van der Waals surface area contributed by atoms with Crippen LogP contribution < -0.4 is 4.74 Å². The van der Waals surface area contributed by atoms with E-state index in [1.54, 1.807) is 0 Å². The van der Waals surface area contributed by atoms with Gasteiger partial charge in [0.05, 0.1) is 12.9 Å². The first kappa shape index (κ1) is 12.6. The summed E-state index contributed by atoms with van der Waals surface area (Å²) in [5.41, 5.74) is 0.378. The minimum atomic E-state index is -3.65. The van der Waals surface area contributed by atoms with Crippen molar-refractivity contribution in [2.45, 2.75) is 5.75 Å². The highest BCUT2D eigenvalue weighted by atomic mass is 79.9. The number of phenolic OH excluding ortho intramolecular Hbond substituents is 1. The van der Waals surface area contributed by atoms with Gasteiger partial charge in [0.1, 0.15) is 0 Å². The molecule has 0 saturated heterocycles. The quantitative estimate of drug-likeness (QED) is 0.869. The number of benzene rings is 1. The van der Waals surface area contributed by atoms with Gasteiger partial charge in [-0.05, 0) is 17.7 Å². The number of phenols is 1. The molecule has 0 atom stereocenters. The number of methoxy groups -OCH3 is 1. The molecule has 84 valence electrons. The topological polar surface area (TPSA) is 63.6 Å². The van der Waals surface area contributed by atoms with Crippen LogP contribution >= 0.6 is 26.6 Å². The first-order chi connectivity index (χ1) is 6.83. The molecule has 0 unspecified atom stereocenters. The van der Waals surface area contributed by atoms with E-state index < -0.39 is 9.05 Å². The number of aromatic hydroxyl groups is 1. The summed E-state index contributed by atoms with van der Waals surface area (Å²) in [6.45, 7) is 0. The van der Waals surface area contributed by atoms with Crippen LogP contribution in [0.3, 0.4) is 0 Å². The summed E-state index contributed by atoms with van der Waals surface area (Å²) < 4.78 is 27.1. The summed E-state index contributed by atoms with van der Waals surface area (Å²) in [5.74, 6) is -0.221. The van der Waals surface area contributed by atoms with Crippen molar-refractivity contribution >= 4 is 35.7 Å². The Balaban J connectivity index is 3.17. The number of rotatable bonds is 3. The van der Waals surface area contributed by atoms with Gasteiger partial charge in [0.15, 0.2) is 11.5 Å². The van der Waals surface area contributed by atoms with Crippen LogP contribution in [0.5, 0.6) is 11.5 Å². The van der Waals surface area contributed by atoms with Gasteiger partial charge in [-0.3, -0.25) is 0 Å². The van der Waals surface area contributed by atoms with Crippen molar-refractivity contribution in [2.24, 2.45) is 0 Å². The number of halogens is 2. The highest BCUT2D eigenvalue weighted by Gasteiger charge is 2.13. The van der Waals surface area contributed by atoms with Gasteiger partial charge in [-0.15, -0.1) is 0 Å². The summed E-state index contributed by atoms with van der Waals surface area (Å²) in [7, 11) is 2.86. The van der Waals surface area contributed by atoms with Crippen LogP contribution in [0.15, 0.2) is 16.6 Å². The number of hydrogen-bond donors (Lipinski definition) is 1. The van der Waals surface area contributed by atoms with Crippen LogP contribution in [0, 0.1) is 0 Å². The molecule has 1 aromatic carbocycles. The van der Waals surface area contributed by atoms with Crippen LogP contribution in [0.2, 0.25) is 0 Å². The molecule has 0 aliphatic rings. The largest absolute Gasteiger partial charge is 0.504 e. The van der Waals surface area contributed by atoms with E-state index in [1.165, 1.54) is 19.2 Å². The Bertz CT molecular complexity index is 472. The van der Waals surface area contributed by atoms with Crippen molar-refractivity contribution in [1.82, 2.24) is 0 Å². The van der Waals surface area contributed by atoms with E-state index in [1.807, 2.05) is 0 Å². The van der Waals surface area contributed by atoms with Crippen molar-refractivity contribution in [2.75, 3.05) is 7.11 Å². The predicted molar refractivity (Wildman–Crippen MR) is 60.8 cm³/mol. The van der Waals surface area contributed by atoms with E-state index in [-0.39, 0.29) is 17.3 Å². The zero-order chi connectivity index (χ0) is 11.6. The first-order valence-corrected chi connectivity index (χ1v) is 7.08. The van der Waals surface area contributed by atoms with Crippen LogP contribution in [0.4, 0.5) is 0 Å². The van der Waals surface area contributed by atoms with E-state index >= 15 is 0 Å². The highest BCUT2D eigenvalue weighted by Crippen LogP contribution is 2.33. The monoisotopic (exact) mass is 314 g/mol. The average molecular weight is 316 g/mol. The Hall–Kier alpha value is -0.460. The summed E-state index contributed by atoms with van der Waals surface area (Å²) in [5, 5.41) is 9.43. The van der Waals surface area contributed by atoms with Gasteiger partial charge in [-0.2, -0.15) is 0 Å².